The van der Waals surface area contributed by atoms with Crippen LogP contribution in [0.25, 0.3) is 0 Å². The van der Waals surface area contributed by atoms with Crippen molar-refractivity contribution in [2.75, 3.05) is 39.8 Å². The normalized spacial score (nSPS) is 16.2. The molecular formula is C14H24N6O. The summed E-state index contributed by atoms with van der Waals surface area (Å²) in [4.78, 5) is 23.9. The summed E-state index contributed by atoms with van der Waals surface area (Å²) < 4.78 is 2.11. The number of hydrogen-bond acceptors (Lipinski definition) is 3. The Morgan fingerprint density at radius 1 is 1.33 bits per heavy atom. The number of aryl methyl sites for hydroxylation is 1. The molecule has 1 aliphatic heterocycles. The lowest BCUT2D eigenvalue weighted by atomic mass is 10.3. The van der Waals surface area contributed by atoms with E-state index in [1.807, 2.05) is 24.2 Å². The van der Waals surface area contributed by atoms with Gasteiger partial charge in [-0.2, -0.15) is 0 Å². The molecule has 21 heavy (non-hydrogen) atoms. The first kappa shape index (κ1) is 15.3. The van der Waals surface area contributed by atoms with Crippen molar-refractivity contribution < 1.29 is 4.79 Å². The predicted octanol–water partition coefficient (Wildman–Crippen LogP) is -0.0690. The molecule has 1 amide bonds. The molecule has 0 spiro atoms. The Morgan fingerprint density at radius 2 is 2.00 bits per heavy atom. The van der Waals surface area contributed by atoms with E-state index in [1.54, 1.807) is 14.0 Å². The Kier molecular flexibility index (Phi) is 5.19. The maximum atomic E-state index is 11.3. The van der Waals surface area contributed by atoms with Crippen LogP contribution in [0.5, 0.6) is 0 Å². The van der Waals surface area contributed by atoms with Gasteiger partial charge in [-0.05, 0) is 6.92 Å². The van der Waals surface area contributed by atoms with Crippen LogP contribution < -0.4 is 5.32 Å². The molecule has 1 aliphatic rings. The number of nitrogens with zero attached hydrogens (tertiary/aromatic N) is 5. The number of piperazine rings is 1. The van der Waals surface area contributed by atoms with E-state index in [-0.39, 0.29) is 5.91 Å². The molecule has 2 heterocycles. The highest BCUT2D eigenvalue weighted by molar-refractivity contribution is 5.80. The summed E-state index contributed by atoms with van der Waals surface area (Å²) in [6.07, 6.45) is 3.79. The van der Waals surface area contributed by atoms with Crippen LogP contribution in [0.15, 0.2) is 17.4 Å². The first-order valence-electron chi connectivity index (χ1n) is 7.30. The van der Waals surface area contributed by atoms with Gasteiger partial charge < -0.3 is 19.7 Å². The Morgan fingerprint density at radius 3 is 2.52 bits per heavy atom. The fourth-order valence-electron chi connectivity index (χ4n) is 2.49. The largest absolute Gasteiger partial charge is 0.354 e. The van der Waals surface area contributed by atoms with Crippen LogP contribution in [-0.2, 0) is 11.3 Å². The highest BCUT2D eigenvalue weighted by atomic mass is 16.2. The third-order valence-electron chi connectivity index (χ3n) is 3.80. The van der Waals surface area contributed by atoms with Crippen LogP contribution in [-0.4, -0.2) is 71.0 Å². The van der Waals surface area contributed by atoms with Crippen LogP contribution in [0.1, 0.15) is 12.7 Å². The number of rotatable bonds is 3. The summed E-state index contributed by atoms with van der Waals surface area (Å²) in [7, 11) is 1.79. The maximum absolute atomic E-state index is 11.3. The Bertz CT molecular complexity index is 501. The van der Waals surface area contributed by atoms with E-state index in [0.717, 1.165) is 51.1 Å². The maximum Gasteiger partial charge on any atom is 0.219 e. The van der Waals surface area contributed by atoms with Crippen molar-refractivity contribution in [1.82, 2.24) is 24.7 Å². The average Bonchev–Trinajstić information content (AvgIpc) is 2.89. The van der Waals surface area contributed by atoms with Crippen molar-refractivity contribution >= 4 is 11.9 Å². The van der Waals surface area contributed by atoms with Crippen molar-refractivity contribution in [3.63, 3.8) is 0 Å². The van der Waals surface area contributed by atoms with E-state index >= 15 is 0 Å². The van der Waals surface area contributed by atoms with Gasteiger partial charge in [-0.25, -0.2) is 4.98 Å². The van der Waals surface area contributed by atoms with Crippen LogP contribution in [0, 0.1) is 6.92 Å². The van der Waals surface area contributed by atoms with Crippen molar-refractivity contribution in [3.05, 3.63) is 18.2 Å². The minimum Gasteiger partial charge on any atom is -0.354 e. The van der Waals surface area contributed by atoms with Crippen LogP contribution in [0.4, 0.5) is 0 Å². The molecule has 2 rings (SSSR count). The molecule has 0 atom stereocenters. The number of hydrogen-bond donors (Lipinski definition) is 1. The molecule has 1 aromatic rings. The molecule has 0 unspecified atom stereocenters. The summed E-state index contributed by atoms with van der Waals surface area (Å²) in [5.74, 6) is 2.06. The molecule has 0 aromatic carbocycles. The third-order valence-corrected chi connectivity index (χ3v) is 3.80. The Balaban J connectivity index is 1.79. The number of imidazole rings is 1. The smallest absolute Gasteiger partial charge is 0.219 e. The number of nitrogens with one attached hydrogen (secondary N) is 1. The van der Waals surface area contributed by atoms with Crippen LogP contribution in [0.3, 0.4) is 0 Å². The number of carbonyl (C=O) groups is 1. The summed E-state index contributed by atoms with van der Waals surface area (Å²) >= 11 is 0. The van der Waals surface area contributed by atoms with Crippen LogP contribution >= 0.6 is 0 Å². The lowest BCUT2D eigenvalue weighted by Crippen LogP contribution is -2.53. The fourth-order valence-corrected chi connectivity index (χ4v) is 2.49. The minimum absolute atomic E-state index is 0.146. The topological polar surface area (TPSA) is 65.8 Å². The number of aliphatic imine (C=N–C) groups is 1. The zero-order chi connectivity index (χ0) is 15.2. The predicted molar refractivity (Wildman–Crippen MR) is 82.2 cm³/mol. The molecule has 7 nitrogen and oxygen atoms in total. The van der Waals surface area contributed by atoms with Gasteiger partial charge in [0.1, 0.15) is 5.82 Å². The van der Waals surface area contributed by atoms with E-state index < -0.39 is 0 Å². The SMILES string of the molecule is CN=C(NCCn1ccnc1C)N1CCN(C(C)=O)CC1. The van der Waals surface area contributed by atoms with Gasteiger partial charge in [0, 0.05) is 65.6 Å². The molecule has 116 valence electrons. The molecule has 1 N–H and O–H groups in total. The van der Waals surface area contributed by atoms with E-state index in [9.17, 15) is 4.79 Å². The van der Waals surface area contributed by atoms with Crippen molar-refractivity contribution in [2.45, 2.75) is 20.4 Å². The molecule has 1 saturated heterocycles. The van der Waals surface area contributed by atoms with Gasteiger partial charge in [0.2, 0.25) is 5.91 Å². The second-order valence-electron chi connectivity index (χ2n) is 5.13. The Hall–Kier alpha value is -2.05. The molecule has 7 heteroatoms. The zero-order valence-corrected chi connectivity index (χ0v) is 13.0. The molecule has 0 saturated carbocycles. The second kappa shape index (κ2) is 7.10. The summed E-state index contributed by atoms with van der Waals surface area (Å²) in [6, 6.07) is 0. The van der Waals surface area contributed by atoms with E-state index in [0.29, 0.717) is 0 Å². The quantitative estimate of drug-likeness (QED) is 0.626. The van der Waals surface area contributed by atoms with E-state index in [1.165, 1.54) is 0 Å². The molecular weight excluding hydrogens is 268 g/mol. The zero-order valence-electron chi connectivity index (χ0n) is 13.0. The van der Waals surface area contributed by atoms with Gasteiger partial charge in [0.15, 0.2) is 5.96 Å². The van der Waals surface area contributed by atoms with Gasteiger partial charge in [-0.15, -0.1) is 0 Å². The summed E-state index contributed by atoms with van der Waals surface area (Å²) in [5.41, 5.74) is 0. The van der Waals surface area contributed by atoms with Gasteiger partial charge in [0.25, 0.3) is 0 Å². The Labute approximate surface area is 125 Å². The molecule has 0 aliphatic carbocycles. The van der Waals surface area contributed by atoms with Crippen LogP contribution in [0.2, 0.25) is 0 Å². The summed E-state index contributed by atoms with van der Waals surface area (Å²) in [5, 5.41) is 3.37. The average molecular weight is 292 g/mol. The number of carbonyl (C=O) groups excluding carboxylic acids is 1. The third kappa shape index (κ3) is 3.96. The minimum atomic E-state index is 0.146. The molecule has 0 bridgehead atoms. The van der Waals surface area contributed by atoms with Crippen molar-refractivity contribution in [2.24, 2.45) is 4.99 Å². The van der Waals surface area contributed by atoms with Gasteiger partial charge in [-0.1, -0.05) is 0 Å². The fraction of sp³-hybridized carbons (Fsp3) is 0.643. The number of amides is 1. The lowest BCUT2D eigenvalue weighted by Gasteiger charge is -2.36. The van der Waals surface area contributed by atoms with Gasteiger partial charge in [0.05, 0.1) is 0 Å². The van der Waals surface area contributed by atoms with Gasteiger partial charge >= 0.3 is 0 Å². The molecule has 0 radical (unpaired) electrons. The number of guanidine groups is 1. The number of aromatic nitrogens is 2. The highest BCUT2D eigenvalue weighted by Crippen LogP contribution is 2.02. The standard InChI is InChI=1S/C14H24N6O/c1-12-16-4-6-18(12)7-5-17-14(15-3)20-10-8-19(9-11-20)13(2)21/h4,6H,5,7-11H2,1-3H3,(H,15,17). The van der Waals surface area contributed by atoms with Gasteiger partial charge in [-0.3, -0.25) is 9.79 Å². The first-order chi connectivity index (χ1) is 10.1. The highest BCUT2D eigenvalue weighted by Gasteiger charge is 2.20. The lowest BCUT2D eigenvalue weighted by molar-refractivity contribution is -0.130. The monoisotopic (exact) mass is 292 g/mol. The molecule has 1 aromatic heterocycles. The second-order valence-corrected chi connectivity index (χ2v) is 5.13. The van der Waals surface area contributed by atoms with E-state index in [2.05, 4.69) is 24.8 Å². The first-order valence-corrected chi connectivity index (χ1v) is 7.30. The van der Waals surface area contributed by atoms with Crippen molar-refractivity contribution in [1.29, 1.82) is 0 Å². The van der Waals surface area contributed by atoms with E-state index in [4.69, 9.17) is 0 Å². The van der Waals surface area contributed by atoms with Crippen molar-refractivity contribution in [3.8, 4) is 0 Å². The summed E-state index contributed by atoms with van der Waals surface area (Å²) in [6.45, 7) is 8.45. The molecule has 1 fully saturated rings.